The van der Waals surface area contributed by atoms with Crippen LogP contribution in [0.5, 0.6) is 0 Å². The zero-order chi connectivity index (χ0) is 17.9. The van der Waals surface area contributed by atoms with E-state index in [1.165, 1.54) is 0 Å². The molecule has 2 saturated heterocycles. The molecule has 2 fully saturated rings. The Hall–Kier alpha value is -1.58. The average molecular weight is 352 g/mol. The third kappa shape index (κ3) is 3.54. The zero-order valence-corrected chi connectivity index (χ0v) is 15.3. The number of aromatic nitrogens is 4. The van der Waals surface area contributed by atoms with Crippen LogP contribution in [0.2, 0.25) is 0 Å². The molecule has 3 rings (SSSR count). The van der Waals surface area contributed by atoms with Gasteiger partial charge in [-0.25, -0.2) is 4.68 Å². The van der Waals surface area contributed by atoms with Gasteiger partial charge in [-0.05, 0) is 43.8 Å². The van der Waals surface area contributed by atoms with Gasteiger partial charge in [0.1, 0.15) is 5.54 Å². The van der Waals surface area contributed by atoms with Crippen molar-refractivity contribution in [3.05, 3.63) is 5.82 Å². The number of likely N-dealkylation sites (tertiary alicyclic amines) is 1. The molecule has 0 radical (unpaired) electrons. The minimum absolute atomic E-state index is 0.0798. The predicted octanol–water partition coefficient (Wildman–Crippen LogP) is -0.265. The topological polar surface area (TPSA) is 85.6 Å². The van der Waals surface area contributed by atoms with E-state index in [0.717, 1.165) is 31.6 Å². The van der Waals surface area contributed by atoms with E-state index in [0.29, 0.717) is 32.9 Å². The van der Waals surface area contributed by atoms with Crippen molar-refractivity contribution in [3.63, 3.8) is 0 Å². The molecule has 2 aliphatic rings. The highest BCUT2D eigenvalue weighted by atomic mass is 16.5. The van der Waals surface area contributed by atoms with Gasteiger partial charge >= 0.3 is 0 Å². The Morgan fingerprint density at radius 2 is 2.16 bits per heavy atom. The molecular formula is C16H28N6O3. The number of methoxy groups -OCH3 is 1. The number of hydrogen-bond donors (Lipinski definition) is 0. The molecule has 9 nitrogen and oxygen atoms in total. The first-order valence-corrected chi connectivity index (χ1v) is 8.88. The maximum absolute atomic E-state index is 12.9. The Balaban J connectivity index is 1.78. The van der Waals surface area contributed by atoms with Crippen molar-refractivity contribution in [2.24, 2.45) is 5.92 Å². The van der Waals surface area contributed by atoms with E-state index in [4.69, 9.17) is 9.47 Å². The fraction of sp³-hybridized carbons (Fsp3) is 0.875. The molecule has 140 valence electrons. The van der Waals surface area contributed by atoms with Crippen LogP contribution in [0, 0.1) is 5.92 Å². The summed E-state index contributed by atoms with van der Waals surface area (Å²) in [6.45, 7) is 3.85. The lowest BCUT2D eigenvalue weighted by atomic mass is 9.95. The van der Waals surface area contributed by atoms with Gasteiger partial charge in [-0.1, -0.05) is 0 Å². The van der Waals surface area contributed by atoms with Crippen LogP contribution in [-0.2, 0) is 26.4 Å². The molecule has 9 heteroatoms. The number of tetrazole rings is 1. The molecule has 0 bridgehead atoms. The summed E-state index contributed by atoms with van der Waals surface area (Å²) in [6.07, 6.45) is 2.45. The number of nitrogens with zero attached hydrogens (tertiary/aromatic N) is 6. The predicted molar refractivity (Wildman–Crippen MR) is 89.8 cm³/mol. The van der Waals surface area contributed by atoms with Gasteiger partial charge in [0, 0.05) is 39.3 Å². The largest absolute Gasteiger partial charge is 0.383 e. The zero-order valence-electron chi connectivity index (χ0n) is 15.3. The number of carbonyl (C=O) groups excluding carboxylic acids is 1. The van der Waals surface area contributed by atoms with E-state index >= 15 is 0 Å². The summed E-state index contributed by atoms with van der Waals surface area (Å²) in [4.78, 5) is 17.0. The highest BCUT2D eigenvalue weighted by Crippen LogP contribution is 2.36. The van der Waals surface area contributed by atoms with Crippen molar-refractivity contribution in [3.8, 4) is 0 Å². The minimum atomic E-state index is -0.363. The Bertz CT molecular complexity index is 586. The van der Waals surface area contributed by atoms with Crippen LogP contribution in [0.15, 0.2) is 0 Å². The van der Waals surface area contributed by atoms with Gasteiger partial charge in [0.2, 0.25) is 5.91 Å². The molecule has 0 N–H and O–H groups in total. The Kier molecular flexibility index (Phi) is 5.65. The van der Waals surface area contributed by atoms with Crippen molar-refractivity contribution in [1.29, 1.82) is 0 Å². The lowest BCUT2D eigenvalue weighted by Gasteiger charge is -2.35. The summed E-state index contributed by atoms with van der Waals surface area (Å²) >= 11 is 0. The van der Waals surface area contributed by atoms with E-state index in [1.54, 1.807) is 11.8 Å². The molecule has 0 saturated carbocycles. The fourth-order valence-electron chi connectivity index (χ4n) is 3.80. The maximum atomic E-state index is 12.9. The number of amides is 1. The van der Waals surface area contributed by atoms with E-state index in [9.17, 15) is 4.79 Å². The number of ether oxygens (including phenoxy) is 2. The molecule has 0 aromatic carbocycles. The van der Waals surface area contributed by atoms with Crippen molar-refractivity contribution < 1.29 is 14.3 Å². The van der Waals surface area contributed by atoms with Crippen molar-refractivity contribution in [1.82, 2.24) is 30.0 Å². The van der Waals surface area contributed by atoms with E-state index < -0.39 is 0 Å². The van der Waals surface area contributed by atoms with Crippen molar-refractivity contribution in [2.75, 3.05) is 54.1 Å². The second kappa shape index (κ2) is 7.76. The van der Waals surface area contributed by atoms with E-state index in [2.05, 4.69) is 20.4 Å². The van der Waals surface area contributed by atoms with Gasteiger partial charge in [0.15, 0.2) is 5.82 Å². The maximum Gasteiger partial charge on any atom is 0.225 e. The van der Waals surface area contributed by atoms with E-state index in [1.807, 2.05) is 19.0 Å². The van der Waals surface area contributed by atoms with Gasteiger partial charge in [0.25, 0.3) is 0 Å². The van der Waals surface area contributed by atoms with Gasteiger partial charge in [0.05, 0.1) is 13.2 Å². The molecule has 25 heavy (non-hydrogen) atoms. The highest BCUT2D eigenvalue weighted by Gasteiger charge is 2.47. The minimum Gasteiger partial charge on any atom is -0.383 e. The average Bonchev–Trinajstić information content (AvgIpc) is 3.27. The molecule has 1 aromatic rings. The van der Waals surface area contributed by atoms with E-state index in [-0.39, 0.29) is 17.4 Å². The first-order chi connectivity index (χ1) is 12.1. The summed E-state index contributed by atoms with van der Waals surface area (Å²) in [7, 11) is 5.71. The lowest BCUT2D eigenvalue weighted by Crippen LogP contribution is -2.48. The number of carbonyl (C=O) groups is 1. The first kappa shape index (κ1) is 18.2. The van der Waals surface area contributed by atoms with Crippen LogP contribution in [0.4, 0.5) is 0 Å². The molecule has 1 atom stereocenters. The normalized spacial score (nSPS) is 25.0. The molecule has 1 unspecified atom stereocenters. The molecule has 3 heterocycles. The fourth-order valence-corrected chi connectivity index (χ4v) is 3.80. The number of rotatable bonds is 6. The third-order valence-corrected chi connectivity index (χ3v) is 5.44. The van der Waals surface area contributed by atoms with Crippen LogP contribution in [0.1, 0.15) is 25.1 Å². The molecule has 1 aromatic heterocycles. The van der Waals surface area contributed by atoms with Crippen molar-refractivity contribution in [2.45, 2.75) is 31.3 Å². The Labute approximate surface area is 148 Å². The van der Waals surface area contributed by atoms with Crippen LogP contribution < -0.4 is 0 Å². The second-order valence-electron chi connectivity index (χ2n) is 7.04. The van der Waals surface area contributed by atoms with Gasteiger partial charge in [-0.2, -0.15) is 0 Å². The van der Waals surface area contributed by atoms with Gasteiger partial charge in [-0.15, -0.1) is 5.10 Å². The third-order valence-electron chi connectivity index (χ3n) is 5.44. The summed E-state index contributed by atoms with van der Waals surface area (Å²) in [5.41, 5.74) is -0.363. The smallest absolute Gasteiger partial charge is 0.225 e. The summed E-state index contributed by atoms with van der Waals surface area (Å²) in [5.74, 6) is 1.12. The summed E-state index contributed by atoms with van der Waals surface area (Å²) in [5, 5.41) is 12.3. The molecule has 2 aliphatic heterocycles. The van der Waals surface area contributed by atoms with Gasteiger partial charge in [-0.3, -0.25) is 9.69 Å². The number of likely N-dealkylation sites (N-methyl/N-ethyl adjacent to an activating group) is 1. The lowest BCUT2D eigenvalue weighted by molar-refractivity contribution is -0.138. The Morgan fingerprint density at radius 3 is 2.84 bits per heavy atom. The molecular weight excluding hydrogens is 324 g/mol. The quantitative estimate of drug-likeness (QED) is 0.697. The monoisotopic (exact) mass is 352 g/mol. The van der Waals surface area contributed by atoms with Crippen LogP contribution in [0.3, 0.4) is 0 Å². The summed E-state index contributed by atoms with van der Waals surface area (Å²) < 4.78 is 12.3. The second-order valence-corrected chi connectivity index (χ2v) is 7.04. The van der Waals surface area contributed by atoms with Crippen molar-refractivity contribution >= 4 is 5.91 Å². The van der Waals surface area contributed by atoms with Crippen LogP contribution in [0.25, 0.3) is 0 Å². The highest BCUT2D eigenvalue weighted by molar-refractivity contribution is 5.79. The standard InChI is InChI=1S/C16H28N6O3/c1-20(2)16(15-17-18-19-22(15)8-11-24-3)6-7-21(12-16)14(23)13-4-9-25-10-5-13/h13H,4-12H2,1-3H3. The molecule has 1 amide bonds. The summed E-state index contributed by atoms with van der Waals surface area (Å²) in [6, 6.07) is 0. The van der Waals surface area contributed by atoms with Gasteiger partial charge < -0.3 is 14.4 Å². The SMILES string of the molecule is COCCn1nnnc1C1(N(C)C)CCN(C(=O)C2CCOCC2)C1. The first-order valence-electron chi connectivity index (χ1n) is 8.88. The van der Waals surface area contributed by atoms with Crippen LogP contribution >= 0.6 is 0 Å². The molecule has 0 spiro atoms. The van der Waals surface area contributed by atoms with Crippen LogP contribution in [-0.4, -0.2) is 90.0 Å². The Morgan fingerprint density at radius 1 is 1.40 bits per heavy atom. The number of hydrogen-bond acceptors (Lipinski definition) is 7. The molecule has 0 aliphatic carbocycles.